The second-order valence-corrected chi connectivity index (χ2v) is 7.44. The van der Waals surface area contributed by atoms with Crippen LogP contribution < -0.4 is 0 Å². The summed E-state index contributed by atoms with van der Waals surface area (Å²) in [5.41, 5.74) is 1.31. The molecule has 1 amide bonds. The second-order valence-electron chi connectivity index (χ2n) is 7.00. The number of hydrogen-bond acceptors (Lipinski definition) is 4. The van der Waals surface area contributed by atoms with Crippen LogP contribution >= 0.6 is 11.6 Å². The summed E-state index contributed by atoms with van der Waals surface area (Å²) in [6.07, 6.45) is 1.69. The first-order chi connectivity index (χ1) is 13.6. The Morgan fingerprint density at radius 1 is 1.11 bits per heavy atom. The topological polar surface area (TPSA) is 66.8 Å². The average Bonchev–Trinajstić information content (AvgIpc) is 3.31. The van der Waals surface area contributed by atoms with Gasteiger partial charge in [0.1, 0.15) is 5.76 Å². The van der Waals surface area contributed by atoms with Gasteiger partial charge in [-0.1, -0.05) is 41.9 Å². The van der Waals surface area contributed by atoms with Gasteiger partial charge < -0.3 is 14.7 Å². The minimum Gasteiger partial charge on any atom is -0.507 e. The SMILES string of the molecule is O=C1C(=O)N(C[C@H]2CCCO2)[C@@H](c2ccccc2)C1=C(O)c1ccc(Cl)cc1. The molecule has 4 rings (SSSR count). The average molecular weight is 398 g/mol. The van der Waals surface area contributed by atoms with E-state index in [2.05, 4.69) is 0 Å². The molecule has 2 aromatic carbocycles. The molecule has 2 saturated heterocycles. The Bertz CT molecular complexity index is 917. The number of benzene rings is 2. The summed E-state index contributed by atoms with van der Waals surface area (Å²) < 4.78 is 5.68. The van der Waals surface area contributed by atoms with Gasteiger partial charge in [-0.3, -0.25) is 9.59 Å². The number of halogens is 1. The van der Waals surface area contributed by atoms with Gasteiger partial charge in [-0.2, -0.15) is 0 Å². The van der Waals surface area contributed by atoms with Gasteiger partial charge in [0.25, 0.3) is 11.7 Å². The number of rotatable bonds is 4. The number of nitrogens with zero attached hydrogens (tertiary/aromatic N) is 1. The van der Waals surface area contributed by atoms with Crippen molar-refractivity contribution in [1.82, 2.24) is 4.90 Å². The quantitative estimate of drug-likeness (QED) is 0.482. The van der Waals surface area contributed by atoms with Crippen molar-refractivity contribution in [3.05, 3.63) is 76.3 Å². The summed E-state index contributed by atoms with van der Waals surface area (Å²) in [6, 6.07) is 15.2. The van der Waals surface area contributed by atoms with E-state index in [0.717, 1.165) is 18.4 Å². The highest BCUT2D eigenvalue weighted by Gasteiger charge is 2.46. The van der Waals surface area contributed by atoms with Crippen molar-refractivity contribution in [2.24, 2.45) is 0 Å². The standard InChI is InChI=1S/C22H20ClNO4/c23-16-10-8-15(9-11-16)20(25)18-19(14-5-2-1-3-6-14)24(22(27)21(18)26)13-17-7-4-12-28-17/h1-3,5-6,8-11,17,19,25H,4,7,12-13H2/t17-,19+/m1/s1. The van der Waals surface area contributed by atoms with Gasteiger partial charge in [-0.05, 0) is 42.7 Å². The number of aliphatic hydroxyl groups is 1. The summed E-state index contributed by atoms with van der Waals surface area (Å²) >= 11 is 5.93. The third kappa shape index (κ3) is 3.43. The Balaban J connectivity index is 1.80. The van der Waals surface area contributed by atoms with Gasteiger partial charge in [0.05, 0.1) is 17.7 Å². The maximum Gasteiger partial charge on any atom is 0.295 e. The maximum absolute atomic E-state index is 12.9. The fourth-order valence-corrected chi connectivity index (χ4v) is 3.95. The summed E-state index contributed by atoms with van der Waals surface area (Å²) in [4.78, 5) is 27.2. The maximum atomic E-state index is 12.9. The minimum absolute atomic E-state index is 0.0940. The molecule has 0 radical (unpaired) electrons. The summed E-state index contributed by atoms with van der Waals surface area (Å²) in [5.74, 6) is -1.49. The Morgan fingerprint density at radius 2 is 1.82 bits per heavy atom. The molecular formula is C22H20ClNO4. The molecule has 0 saturated carbocycles. The van der Waals surface area contributed by atoms with Gasteiger partial charge in [0, 0.05) is 23.7 Å². The summed E-state index contributed by atoms with van der Waals surface area (Å²) in [5, 5.41) is 11.4. The number of ether oxygens (including phenoxy) is 1. The first kappa shape index (κ1) is 18.7. The van der Waals surface area contributed by atoms with E-state index in [4.69, 9.17) is 16.3 Å². The molecule has 1 N–H and O–H groups in total. The molecule has 0 aromatic heterocycles. The summed E-state index contributed by atoms with van der Waals surface area (Å²) in [6.45, 7) is 0.983. The monoisotopic (exact) mass is 397 g/mol. The molecule has 144 valence electrons. The molecule has 5 nitrogen and oxygen atoms in total. The molecule has 0 unspecified atom stereocenters. The molecule has 2 aromatic rings. The largest absolute Gasteiger partial charge is 0.507 e. The Morgan fingerprint density at radius 3 is 2.46 bits per heavy atom. The molecule has 28 heavy (non-hydrogen) atoms. The Labute approximate surface area is 168 Å². The van der Waals surface area contributed by atoms with Crippen LogP contribution in [0.15, 0.2) is 60.2 Å². The van der Waals surface area contributed by atoms with Crippen LogP contribution in [-0.2, 0) is 14.3 Å². The molecule has 2 heterocycles. The fourth-order valence-electron chi connectivity index (χ4n) is 3.82. The van der Waals surface area contributed by atoms with Crippen molar-refractivity contribution in [3.63, 3.8) is 0 Å². The first-order valence-electron chi connectivity index (χ1n) is 9.27. The predicted octanol–water partition coefficient (Wildman–Crippen LogP) is 3.94. The van der Waals surface area contributed by atoms with E-state index in [1.165, 1.54) is 4.90 Å². The fraction of sp³-hybridized carbons (Fsp3) is 0.273. The van der Waals surface area contributed by atoms with E-state index in [9.17, 15) is 14.7 Å². The molecule has 2 aliphatic heterocycles. The van der Waals surface area contributed by atoms with Crippen LogP contribution in [0.3, 0.4) is 0 Å². The van der Waals surface area contributed by atoms with E-state index < -0.39 is 17.7 Å². The number of likely N-dealkylation sites (tertiary alicyclic amines) is 1. The van der Waals surface area contributed by atoms with Crippen LogP contribution in [0, 0.1) is 0 Å². The lowest BCUT2D eigenvalue weighted by molar-refractivity contribution is -0.140. The van der Waals surface area contributed by atoms with Crippen LogP contribution in [0.25, 0.3) is 5.76 Å². The van der Waals surface area contributed by atoms with Crippen LogP contribution in [-0.4, -0.2) is 41.0 Å². The minimum atomic E-state index is -0.681. The van der Waals surface area contributed by atoms with E-state index in [-0.39, 0.29) is 17.4 Å². The third-order valence-corrected chi connectivity index (χ3v) is 5.45. The van der Waals surface area contributed by atoms with Crippen molar-refractivity contribution in [3.8, 4) is 0 Å². The highest BCUT2D eigenvalue weighted by Crippen LogP contribution is 2.40. The van der Waals surface area contributed by atoms with Crippen molar-refractivity contribution >= 4 is 29.1 Å². The molecule has 2 fully saturated rings. The molecular weight excluding hydrogens is 378 g/mol. The van der Waals surface area contributed by atoms with Crippen LogP contribution in [0.5, 0.6) is 0 Å². The lowest BCUT2D eigenvalue weighted by atomic mass is 9.95. The third-order valence-electron chi connectivity index (χ3n) is 5.20. The van der Waals surface area contributed by atoms with Crippen molar-refractivity contribution < 1.29 is 19.4 Å². The lowest BCUT2D eigenvalue weighted by Crippen LogP contribution is -2.36. The van der Waals surface area contributed by atoms with Crippen LogP contribution in [0.4, 0.5) is 0 Å². The van der Waals surface area contributed by atoms with Gasteiger partial charge in [0.15, 0.2) is 0 Å². The van der Waals surface area contributed by atoms with Crippen molar-refractivity contribution in [2.75, 3.05) is 13.2 Å². The number of hydrogen-bond donors (Lipinski definition) is 1. The number of carbonyl (C=O) groups is 2. The van der Waals surface area contributed by atoms with Gasteiger partial charge in [-0.25, -0.2) is 0 Å². The highest BCUT2D eigenvalue weighted by molar-refractivity contribution is 6.46. The van der Waals surface area contributed by atoms with E-state index in [1.54, 1.807) is 24.3 Å². The van der Waals surface area contributed by atoms with Gasteiger partial charge in [0.2, 0.25) is 0 Å². The van der Waals surface area contributed by atoms with Gasteiger partial charge in [-0.15, -0.1) is 0 Å². The number of Topliss-reactive ketones (excluding diaryl/α,β-unsaturated/α-hetero) is 1. The predicted molar refractivity (Wildman–Crippen MR) is 106 cm³/mol. The zero-order valence-corrected chi connectivity index (χ0v) is 15.9. The van der Waals surface area contributed by atoms with Crippen molar-refractivity contribution in [2.45, 2.75) is 25.0 Å². The zero-order valence-electron chi connectivity index (χ0n) is 15.2. The van der Waals surface area contributed by atoms with Gasteiger partial charge >= 0.3 is 0 Å². The highest BCUT2D eigenvalue weighted by atomic mass is 35.5. The lowest BCUT2D eigenvalue weighted by Gasteiger charge is -2.27. The number of amides is 1. The van der Waals surface area contributed by atoms with Crippen molar-refractivity contribution in [1.29, 1.82) is 0 Å². The van der Waals surface area contributed by atoms with Crippen LogP contribution in [0.1, 0.15) is 30.0 Å². The molecule has 0 bridgehead atoms. The smallest absolute Gasteiger partial charge is 0.295 e. The first-order valence-corrected chi connectivity index (χ1v) is 9.65. The molecule has 2 atom stereocenters. The molecule has 2 aliphatic rings. The number of ketones is 1. The van der Waals surface area contributed by atoms with E-state index in [0.29, 0.717) is 23.7 Å². The number of aliphatic hydroxyl groups excluding tert-OH is 1. The van der Waals surface area contributed by atoms with E-state index >= 15 is 0 Å². The Hall–Kier alpha value is -2.63. The number of carbonyl (C=O) groups excluding carboxylic acids is 2. The molecule has 0 aliphatic carbocycles. The van der Waals surface area contributed by atoms with E-state index in [1.807, 2.05) is 30.3 Å². The Kier molecular flexibility index (Phi) is 5.20. The summed E-state index contributed by atoms with van der Waals surface area (Å²) in [7, 11) is 0. The molecule has 6 heteroatoms. The van der Waals surface area contributed by atoms with Crippen LogP contribution in [0.2, 0.25) is 5.02 Å². The normalized spacial score (nSPS) is 24.1. The zero-order chi connectivity index (χ0) is 19.7. The second kappa shape index (κ2) is 7.78. The molecule has 0 spiro atoms.